The molecule has 0 saturated heterocycles. The molecule has 1 aliphatic rings. The van der Waals surface area contributed by atoms with Gasteiger partial charge >= 0.3 is 0 Å². The number of carbonyl (C=O) groups is 1. The zero-order valence-electron chi connectivity index (χ0n) is 12.5. The molecular formula is C17H20N2O2. The number of benzene rings is 1. The summed E-state index contributed by atoms with van der Waals surface area (Å²) in [5.74, 6) is 0.901. The van der Waals surface area contributed by atoms with Crippen molar-refractivity contribution in [3.05, 3.63) is 47.3 Å². The van der Waals surface area contributed by atoms with E-state index in [-0.39, 0.29) is 11.7 Å². The maximum atomic E-state index is 12.6. The average Bonchev–Trinajstić information content (AvgIpc) is 3.10. The Morgan fingerprint density at radius 1 is 1.38 bits per heavy atom. The molecule has 4 nitrogen and oxygen atoms in total. The molecule has 110 valence electrons. The molecule has 1 unspecified atom stereocenters. The Morgan fingerprint density at radius 2 is 2.19 bits per heavy atom. The van der Waals surface area contributed by atoms with Crippen molar-refractivity contribution in [2.24, 2.45) is 0 Å². The SMILES string of the molecule is CCc1cc(CC(=O)C2COc3ccccc32)n(CC)n1. The first-order chi connectivity index (χ1) is 10.2. The van der Waals surface area contributed by atoms with Crippen LogP contribution in [0.4, 0.5) is 0 Å². The van der Waals surface area contributed by atoms with Crippen molar-refractivity contribution >= 4 is 5.78 Å². The Labute approximate surface area is 124 Å². The van der Waals surface area contributed by atoms with E-state index in [9.17, 15) is 4.79 Å². The molecule has 0 spiro atoms. The Kier molecular flexibility index (Phi) is 3.78. The van der Waals surface area contributed by atoms with Crippen molar-refractivity contribution in [3.8, 4) is 5.75 Å². The van der Waals surface area contributed by atoms with Gasteiger partial charge in [-0.2, -0.15) is 5.10 Å². The highest BCUT2D eigenvalue weighted by Gasteiger charge is 2.30. The summed E-state index contributed by atoms with van der Waals surface area (Å²) in [4.78, 5) is 12.6. The predicted octanol–water partition coefficient (Wildman–Crippen LogP) is 2.75. The van der Waals surface area contributed by atoms with Crippen LogP contribution in [0, 0.1) is 0 Å². The van der Waals surface area contributed by atoms with Crippen molar-refractivity contribution in [2.45, 2.75) is 39.2 Å². The summed E-state index contributed by atoms with van der Waals surface area (Å²) in [7, 11) is 0. The van der Waals surface area contributed by atoms with Crippen molar-refractivity contribution in [1.82, 2.24) is 9.78 Å². The molecule has 2 aromatic rings. The third-order valence-corrected chi connectivity index (χ3v) is 4.02. The minimum atomic E-state index is -0.147. The Morgan fingerprint density at radius 3 is 2.95 bits per heavy atom. The summed E-state index contributed by atoms with van der Waals surface area (Å²) in [5, 5.41) is 4.50. The van der Waals surface area contributed by atoms with Gasteiger partial charge in [-0.15, -0.1) is 0 Å². The van der Waals surface area contributed by atoms with E-state index >= 15 is 0 Å². The van der Waals surface area contributed by atoms with Crippen LogP contribution < -0.4 is 4.74 Å². The lowest BCUT2D eigenvalue weighted by Crippen LogP contribution is -2.18. The smallest absolute Gasteiger partial charge is 0.149 e. The number of nitrogens with zero attached hydrogens (tertiary/aromatic N) is 2. The first-order valence-electron chi connectivity index (χ1n) is 7.53. The molecule has 21 heavy (non-hydrogen) atoms. The molecule has 1 atom stereocenters. The largest absolute Gasteiger partial charge is 0.492 e. The Hall–Kier alpha value is -2.10. The molecule has 0 N–H and O–H groups in total. The minimum Gasteiger partial charge on any atom is -0.492 e. The Balaban J connectivity index is 1.80. The van der Waals surface area contributed by atoms with Crippen LogP contribution in [0.25, 0.3) is 0 Å². The topological polar surface area (TPSA) is 44.1 Å². The van der Waals surface area contributed by atoms with Crippen molar-refractivity contribution in [1.29, 1.82) is 0 Å². The lowest BCUT2D eigenvalue weighted by molar-refractivity contribution is -0.120. The van der Waals surface area contributed by atoms with Crippen LogP contribution in [0.2, 0.25) is 0 Å². The van der Waals surface area contributed by atoms with Gasteiger partial charge in [0.2, 0.25) is 0 Å². The summed E-state index contributed by atoms with van der Waals surface area (Å²) < 4.78 is 7.54. The lowest BCUT2D eigenvalue weighted by atomic mass is 9.94. The van der Waals surface area contributed by atoms with Gasteiger partial charge in [0.25, 0.3) is 0 Å². The summed E-state index contributed by atoms with van der Waals surface area (Å²) >= 11 is 0. The maximum Gasteiger partial charge on any atom is 0.149 e. The number of aromatic nitrogens is 2. The van der Waals surface area contributed by atoms with Crippen LogP contribution in [-0.2, 0) is 24.2 Å². The molecule has 0 amide bonds. The van der Waals surface area contributed by atoms with Crippen LogP contribution in [-0.4, -0.2) is 22.2 Å². The van der Waals surface area contributed by atoms with E-state index in [0.717, 1.165) is 35.7 Å². The van der Waals surface area contributed by atoms with Gasteiger partial charge in [-0.25, -0.2) is 0 Å². The second-order valence-corrected chi connectivity index (χ2v) is 5.34. The number of rotatable bonds is 5. The molecule has 4 heteroatoms. The maximum absolute atomic E-state index is 12.6. The van der Waals surface area contributed by atoms with Gasteiger partial charge in [-0.05, 0) is 25.5 Å². The number of carbonyl (C=O) groups excluding carboxylic acids is 1. The third-order valence-electron chi connectivity index (χ3n) is 4.02. The first-order valence-corrected chi connectivity index (χ1v) is 7.53. The molecule has 0 saturated carbocycles. The molecule has 0 fully saturated rings. The highest BCUT2D eigenvalue weighted by atomic mass is 16.5. The zero-order chi connectivity index (χ0) is 14.8. The van der Waals surface area contributed by atoms with E-state index in [1.807, 2.05) is 41.9 Å². The van der Waals surface area contributed by atoms with Gasteiger partial charge in [0, 0.05) is 24.2 Å². The highest BCUT2D eigenvalue weighted by Crippen LogP contribution is 2.34. The van der Waals surface area contributed by atoms with Gasteiger partial charge in [-0.3, -0.25) is 9.48 Å². The van der Waals surface area contributed by atoms with E-state index in [1.165, 1.54) is 0 Å². The summed E-state index contributed by atoms with van der Waals surface area (Å²) in [6, 6.07) is 9.85. The molecule has 1 aliphatic heterocycles. The van der Waals surface area contributed by atoms with Crippen LogP contribution in [0.3, 0.4) is 0 Å². The van der Waals surface area contributed by atoms with E-state index in [2.05, 4.69) is 12.0 Å². The van der Waals surface area contributed by atoms with E-state index < -0.39 is 0 Å². The average molecular weight is 284 g/mol. The molecule has 0 radical (unpaired) electrons. The summed E-state index contributed by atoms with van der Waals surface area (Å²) in [5.41, 5.74) is 3.06. The molecule has 0 bridgehead atoms. The molecule has 0 aliphatic carbocycles. The van der Waals surface area contributed by atoms with E-state index in [0.29, 0.717) is 13.0 Å². The van der Waals surface area contributed by atoms with Gasteiger partial charge in [0.15, 0.2) is 0 Å². The molecular weight excluding hydrogens is 264 g/mol. The van der Waals surface area contributed by atoms with Crippen LogP contribution in [0.5, 0.6) is 5.75 Å². The number of ketones is 1. The normalized spacial score (nSPS) is 16.6. The van der Waals surface area contributed by atoms with Gasteiger partial charge in [0.05, 0.1) is 11.6 Å². The summed E-state index contributed by atoms with van der Waals surface area (Å²) in [6.45, 7) is 5.38. The third kappa shape index (κ3) is 2.58. The number of aryl methyl sites for hydroxylation is 2. The fourth-order valence-corrected chi connectivity index (χ4v) is 2.83. The first kappa shape index (κ1) is 13.9. The van der Waals surface area contributed by atoms with E-state index in [4.69, 9.17) is 4.74 Å². The minimum absolute atomic E-state index is 0.147. The zero-order valence-corrected chi connectivity index (χ0v) is 12.5. The molecule has 1 aromatic heterocycles. The van der Waals surface area contributed by atoms with Crippen LogP contribution in [0.1, 0.15) is 36.7 Å². The lowest BCUT2D eigenvalue weighted by Gasteiger charge is -2.09. The molecule has 3 rings (SSSR count). The second-order valence-electron chi connectivity index (χ2n) is 5.34. The van der Waals surface area contributed by atoms with Gasteiger partial charge < -0.3 is 4.74 Å². The van der Waals surface area contributed by atoms with E-state index in [1.54, 1.807) is 0 Å². The van der Waals surface area contributed by atoms with Gasteiger partial charge in [0.1, 0.15) is 18.1 Å². The predicted molar refractivity (Wildman–Crippen MR) is 80.7 cm³/mol. The monoisotopic (exact) mass is 284 g/mol. The quantitative estimate of drug-likeness (QED) is 0.848. The number of para-hydroxylation sites is 1. The number of fused-ring (bicyclic) bond motifs is 1. The standard InChI is InChI=1S/C17H20N2O2/c1-3-12-9-13(19(4-2)18-12)10-16(20)15-11-21-17-8-6-5-7-14(15)17/h5-9,15H,3-4,10-11H2,1-2H3. The highest BCUT2D eigenvalue weighted by molar-refractivity contribution is 5.89. The number of Topliss-reactive ketones (excluding diaryl/α,β-unsaturated/α-hetero) is 1. The van der Waals surface area contributed by atoms with Crippen LogP contribution >= 0.6 is 0 Å². The van der Waals surface area contributed by atoms with Crippen LogP contribution in [0.15, 0.2) is 30.3 Å². The summed E-state index contributed by atoms with van der Waals surface area (Å²) in [6.07, 6.45) is 1.31. The van der Waals surface area contributed by atoms with Crippen molar-refractivity contribution in [3.63, 3.8) is 0 Å². The number of ether oxygens (including phenoxy) is 1. The Bertz CT molecular complexity index is 661. The fraction of sp³-hybridized carbons (Fsp3) is 0.412. The second kappa shape index (κ2) is 5.72. The number of hydrogen-bond donors (Lipinski definition) is 0. The van der Waals surface area contributed by atoms with Crippen molar-refractivity contribution < 1.29 is 9.53 Å². The number of hydrogen-bond acceptors (Lipinski definition) is 3. The van der Waals surface area contributed by atoms with Crippen molar-refractivity contribution in [2.75, 3.05) is 6.61 Å². The fourth-order valence-electron chi connectivity index (χ4n) is 2.83. The van der Waals surface area contributed by atoms with Gasteiger partial charge in [-0.1, -0.05) is 25.1 Å². The molecule has 1 aromatic carbocycles. The molecule has 2 heterocycles.